The summed E-state index contributed by atoms with van der Waals surface area (Å²) in [7, 11) is -6.57. The highest BCUT2D eigenvalue weighted by Crippen LogP contribution is 2.48. The van der Waals surface area contributed by atoms with Crippen molar-refractivity contribution in [2.75, 3.05) is 45.0 Å². The third kappa shape index (κ3) is 5.52. The highest BCUT2D eigenvalue weighted by atomic mass is 35.5. The molecule has 1 heterocycles. The molecule has 1 unspecified atom stereocenters. The minimum atomic E-state index is -3.48. The van der Waals surface area contributed by atoms with Gasteiger partial charge in [-0.1, -0.05) is 0 Å². The number of nitrogens with one attached hydrogen (secondary N) is 1. The Labute approximate surface area is 112 Å². The maximum absolute atomic E-state index is 12.4. The molecule has 0 radical (unpaired) electrons. The summed E-state index contributed by atoms with van der Waals surface area (Å²) in [5.74, 6) is 0.356. The van der Waals surface area contributed by atoms with Gasteiger partial charge in [-0.3, -0.25) is 8.75 Å². The van der Waals surface area contributed by atoms with Gasteiger partial charge in [0.25, 0.3) is 10.1 Å². The summed E-state index contributed by atoms with van der Waals surface area (Å²) in [6.45, 7) is 1.56. The van der Waals surface area contributed by atoms with Gasteiger partial charge >= 0.3 is 7.67 Å². The lowest BCUT2D eigenvalue weighted by molar-refractivity contribution is 0.200. The summed E-state index contributed by atoms with van der Waals surface area (Å²) < 4.78 is 45.4. The number of halogens is 1. The molecule has 0 aromatic carbocycles. The van der Waals surface area contributed by atoms with Crippen LogP contribution in [0.2, 0.25) is 0 Å². The molecule has 7 nitrogen and oxygen atoms in total. The van der Waals surface area contributed by atoms with Gasteiger partial charge in [-0.2, -0.15) is 8.42 Å². The van der Waals surface area contributed by atoms with Crippen molar-refractivity contribution < 1.29 is 21.7 Å². The summed E-state index contributed by atoms with van der Waals surface area (Å²) >= 11 is 5.63. The third-order valence-electron chi connectivity index (χ3n) is 2.25. The van der Waals surface area contributed by atoms with Gasteiger partial charge in [0.1, 0.15) is 0 Å². The smallest absolute Gasteiger partial charge is 0.306 e. The van der Waals surface area contributed by atoms with E-state index in [4.69, 9.17) is 16.1 Å². The molecule has 1 saturated heterocycles. The first kappa shape index (κ1) is 16.4. The van der Waals surface area contributed by atoms with E-state index in [-0.39, 0.29) is 13.2 Å². The predicted octanol–water partition coefficient (Wildman–Crippen LogP) is 0.621. The topological polar surface area (TPSA) is 84.9 Å². The van der Waals surface area contributed by atoms with Crippen LogP contribution < -0.4 is 5.09 Å². The minimum Gasteiger partial charge on any atom is -0.306 e. The zero-order chi connectivity index (χ0) is 13.6. The lowest BCUT2D eigenvalue weighted by Crippen LogP contribution is -2.37. The molecular weight excluding hydrogens is 303 g/mol. The van der Waals surface area contributed by atoms with E-state index < -0.39 is 17.8 Å². The van der Waals surface area contributed by atoms with Crippen molar-refractivity contribution >= 4 is 29.4 Å². The summed E-state index contributed by atoms with van der Waals surface area (Å²) in [5.41, 5.74) is 0. The van der Waals surface area contributed by atoms with Crippen molar-refractivity contribution in [1.29, 1.82) is 0 Å². The van der Waals surface area contributed by atoms with Crippen LogP contribution in [0.4, 0.5) is 0 Å². The molecule has 1 N–H and O–H groups in total. The zero-order valence-corrected chi connectivity index (χ0v) is 12.6. The van der Waals surface area contributed by atoms with Crippen LogP contribution in [0.3, 0.4) is 0 Å². The van der Waals surface area contributed by atoms with Crippen LogP contribution in [0.5, 0.6) is 0 Å². The molecule has 18 heavy (non-hydrogen) atoms. The van der Waals surface area contributed by atoms with Gasteiger partial charge in [0.2, 0.25) is 0 Å². The van der Waals surface area contributed by atoms with Crippen LogP contribution in [0, 0.1) is 0 Å². The van der Waals surface area contributed by atoms with Crippen LogP contribution in [0.1, 0.15) is 6.42 Å². The molecule has 1 fully saturated rings. The normalized spacial score (nSPS) is 26.3. The van der Waals surface area contributed by atoms with Crippen molar-refractivity contribution in [1.82, 2.24) is 9.76 Å². The Kier molecular flexibility index (Phi) is 6.54. The second-order valence-corrected chi connectivity index (χ2v) is 7.99. The van der Waals surface area contributed by atoms with Crippen LogP contribution in [-0.2, 0) is 23.4 Å². The molecule has 0 spiro atoms. The highest BCUT2D eigenvalue weighted by molar-refractivity contribution is 7.85. The number of alkyl halides is 1. The molecule has 108 valence electrons. The monoisotopic (exact) mass is 320 g/mol. The quantitative estimate of drug-likeness (QED) is 0.318. The number of nitrogens with zero attached hydrogens (tertiary/aromatic N) is 1. The number of hydrogen-bond acceptors (Lipinski definition) is 5. The lowest BCUT2D eigenvalue weighted by atomic mass is 10.4. The number of rotatable bonds is 7. The van der Waals surface area contributed by atoms with Gasteiger partial charge in [0, 0.05) is 25.5 Å². The molecule has 0 aromatic heterocycles. The van der Waals surface area contributed by atoms with Gasteiger partial charge < -0.3 is 4.52 Å². The van der Waals surface area contributed by atoms with E-state index in [1.54, 1.807) is 4.67 Å². The second kappa shape index (κ2) is 7.19. The van der Waals surface area contributed by atoms with E-state index in [9.17, 15) is 13.0 Å². The highest BCUT2D eigenvalue weighted by Gasteiger charge is 2.33. The molecule has 1 atom stereocenters. The molecule has 0 saturated carbocycles. The first-order chi connectivity index (χ1) is 8.37. The predicted molar refractivity (Wildman–Crippen MR) is 69.3 cm³/mol. The van der Waals surface area contributed by atoms with Crippen molar-refractivity contribution in [2.24, 2.45) is 0 Å². The fourth-order valence-electron chi connectivity index (χ4n) is 1.52. The van der Waals surface area contributed by atoms with E-state index in [2.05, 4.69) is 9.27 Å². The second-order valence-electron chi connectivity index (χ2n) is 3.78. The molecule has 1 aliphatic heterocycles. The maximum atomic E-state index is 12.4. The SMILES string of the molecule is CS(=O)(=O)OCCNP1(=O)OCCCN1CCCl. The summed E-state index contributed by atoms with van der Waals surface area (Å²) in [5, 5.41) is 2.72. The molecule has 1 aliphatic rings. The van der Waals surface area contributed by atoms with Gasteiger partial charge in [-0.15, -0.1) is 11.6 Å². The Hall–Kier alpha value is 0.310. The van der Waals surface area contributed by atoms with Crippen LogP contribution in [0.15, 0.2) is 0 Å². The van der Waals surface area contributed by atoms with E-state index in [0.29, 0.717) is 25.6 Å². The fourth-order valence-corrected chi connectivity index (χ4v) is 4.20. The maximum Gasteiger partial charge on any atom is 0.343 e. The van der Waals surface area contributed by atoms with Gasteiger partial charge in [0.05, 0.1) is 19.5 Å². The van der Waals surface area contributed by atoms with Gasteiger partial charge in [0.15, 0.2) is 0 Å². The Bertz CT molecular complexity index is 402. The van der Waals surface area contributed by atoms with E-state index >= 15 is 0 Å². The van der Waals surface area contributed by atoms with Crippen LogP contribution >= 0.6 is 19.3 Å². The Morgan fingerprint density at radius 3 is 2.89 bits per heavy atom. The van der Waals surface area contributed by atoms with Crippen molar-refractivity contribution in [3.05, 3.63) is 0 Å². The van der Waals surface area contributed by atoms with E-state index in [1.165, 1.54) is 0 Å². The third-order valence-corrected chi connectivity index (χ3v) is 5.32. The molecule has 0 aliphatic carbocycles. The lowest BCUT2D eigenvalue weighted by Gasteiger charge is -2.34. The largest absolute Gasteiger partial charge is 0.343 e. The van der Waals surface area contributed by atoms with E-state index in [0.717, 1.165) is 12.7 Å². The van der Waals surface area contributed by atoms with Crippen molar-refractivity contribution in [2.45, 2.75) is 6.42 Å². The molecule has 0 amide bonds. The summed E-state index contributed by atoms with van der Waals surface area (Å²) in [4.78, 5) is 0. The average Bonchev–Trinajstić information content (AvgIpc) is 2.27. The van der Waals surface area contributed by atoms with E-state index in [1.807, 2.05) is 0 Å². The Balaban J connectivity index is 2.43. The number of hydrogen-bond donors (Lipinski definition) is 1. The first-order valence-electron chi connectivity index (χ1n) is 5.53. The van der Waals surface area contributed by atoms with Crippen molar-refractivity contribution in [3.8, 4) is 0 Å². The fraction of sp³-hybridized carbons (Fsp3) is 1.00. The zero-order valence-electron chi connectivity index (χ0n) is 10.2. The Morgan fingerprint density at radius 1 is 1.56 bits per heavy atom. The standard InChI is InChI=1S/C8H18ClN2O5PS/c1-18(13,14)16-8-4-10-17(12)11(6-3-9)5-2-7-15-17/h2-8H2,1H3,(H,10,12). The summed E-state index contributed by atoms with van der Waals surface area (Å²) in [6.07, 6.45) is 1.76. The molecule has 0 aromatic rings. The first-order valence-corrected chi connectivity index (χ1v) is 9.46. The molecule has 0 bridgehead atoms. The molecular formula is C8H18ClN2O5PS. The molecule has 1 rings (SSSR count). The van der Waals surface area contributed by atoms with Gasteiger partial charge in [-0.25, -0.2) is 9.76 Å². The average molecular weight is 321 g/mol. The Morgan fingerprint density at radius 2 is 2.28 bits per heavy atom. The minimum absolute atomic E-state index is 0.0824. The summed E-state index contributed by atoms with van der Waals surface area (Å²) in [6, 6.07) is 0. The van der Waals surface area contributed by atoms with Gasteiger partial charge in [-0.05, 0) is 6.42 Å². The van der Waals surface area contributed by atoms with Crippen molar-refractivity contribution in [3.63, 3.8) is 0 Å². The molecule has 10 heteroatoms. The van der Waals surface area contributed by atoms with Crippen LogP contribution in [0.25, 0.3) is 0 Å². The van der Waals surface area contributed by atoms with Crippen LogP contribution in [-0.4, -0.2) is 58.1 Å².